The summed E-state index contributed by atoms with van der Waals surface area (Å²) in [4.78, 5) is 30.1. The Balaban J connectivity index is 0.000000566. The number of halogens is 3. The van der Waals surface area contributed by atoms with E-state index in [9.17, 15) is 28.3 Å². The van der Waals surface area contributed by atoms with E-state index in [1.807, 2.05) is 24.3 Å². The van der Waals surface area contributed by atoms with Gasteiger partial charge in [0.25, 0.3) is 5.91 Å². The van der Waals surface area contributed by atoms with E-state index in [1.165, 1.54) is 6.20 Å². The number of aliphatic hydroxyl groups is 2. The minimum absolute atomic E-state index is 0.115. The van der Waals surface area contributed by atoms with Crippen LogP contribution < -0.4 is 9.64 Å². The number of nitrogens with zero attached hydrogens (tertiary/aromatic N) is 6. The number of nitriles is 1. The average Bonchev–Trinajstić information content (AvgIpc) is 3.46. The number of pyridine rings is 2. The first-order valence-electron chi connectivity index (χ1n) is 13.2. The van der Waals surface area contributed by atoms with Gasteiger partial charge in [0, 0.05) is 43.5 Å². The lowest BCUT2D eigenvalue weighted by atomic mass is 10.1. The minimum Gasteiger partial charge on any atom is -0.490 e. The molecule has 0 bridgehead atoms. The highest BCUT2D eigenvalue weighted by Gasteiger charge is 2.38. The molecular weight excluding hydrogens is 585 g/mol. The summed E-state index contributed by atoms with van der Waals surface area (Å²) in [6.45, 7) is 2.18. The number of amides is 1. The van der Waals surface area contributed by atoms with Crippen LogP contribution >= 0.6 is 0 Å². The Morgan fingerprint density at radius 3 is 2.32 bits per heavy atom. The van der Waals surface area contributed by atoms with Crippen LogP contribution in [0.15, 0.2) is 67.1 Å². The van der Waals surface area contributed by atoms with Crippen LogP contribution in [0.4, 0.5) is 19.0 Å². The predicted molar refractivity (Wildman–Crippen MR) is 150 cm³/mol. The highest BCUT2D eigenvalue weighted by Crippen LogP contribution is 2.31. The number of piperazine rings is 1. The van der Waals surface area contributed by atoms with Gasteiger partial charge in [0.05, 0.1) is 30.1 Å². The Bertz CT molecular complexity index is 1630. The number of rotatable bonds is 7. The van der Waals surface area contributed by atoms with Crippen LogP contribution in [0.3, 0.4) is 0 Å². The molecule has 15 heteroatoms. The normalized spacial score (nSPS) is 13.9. The number of carboxylic acid groups (broad SMARTS) is 1. The van der Waals surface area contributed by atoms with E-state index < -0.39 is 18.2 Å². The largest absolute Gasteiger partial charge is 0.490 e. The van der Waals surface area contributed by atoms with Crippen molar-refractivity contribution in [2.75, 3.05) is 44.3 Å². The van der Waals surface area contributed by atoms with E-state index in [0.29, 0.717) is 48.6 Å². The van der Waals surface area contributed by atoms with Gasteiger partial charge in [0.1, 0.15) is 24.2 Å². The molecule has 1 aliphatic heterocycles. The third-order valence-corrected chi connectivity index (χ3v) is 6.63. The quantitative estimate of drug-likeness (QED) is 0.283. The monoisotopic (exact) mass is 612 g/mol. The minimum atomic E-state index is -5.08. The van der Waals surface area contributed by atoms with Gasteiger partial charge in [-0.25, -0.2) is 14.3 Å². The van der Waals surface area contributed by atoms with Crippen LogP contribution in [0.1, 0.15) is 17.2 Å². The number of benzene rings is 1. The Kier molecular flexibility index (Phi) is 9.99. The molecule has 12 nitrogen and oxygen atoms in total. The lowest BCUT2D eigenvalue weighted by Crippen LogP contribution is -2.50. The highest BCUT2D eigenvalue weighted by atomic mass is 19.4. The average molecular weight is 613 g/mol. The Labute approximate surface area is 248 Å². The van der Waals surface area contributed by atoms with E-state index >= 15 is 0 Å². The number of fused-ring (bicyclic) bond motifs is 1. The van der Waals surface area contributed by atoms with Crippen molar-refractivity contribution in [2.24, 2.45) is 0 Å². The summed E-state index contributed by atoms with van der Waals surface area (Å²) >= 11 is 0. The number of carbonyl (C=O) groups is 2. The van der Waals surface area contributed by atoms with Crippen LogP contribution in [0.5, 0.6) is 5.75 Å². The van der Waals surface area contributed by atoms with E-state index in [2.05, 4.69) is 21.1 Å². The summed E-state index contributed by atoms with van der Waals surface area (Å²) in [6, 6.07) is 16.8. The number of alkyl halides is 3. The third kappa shape index (κ3) is 7.41. The van der Waals surface area contributed by atoms with Crippen molar-refractivity contribution in [3.63, 3.8) is 0 Å². The summed E-state index contributed by atoms with van der Waals surface area (Å²) in [6.07, 6.45) is -1.33. The van der Waals surface area contributed by atoms with Gasteiger partial charge in [-0.05, 0) is 23.8 Å². The fourth-order valence-corrected chi connectivity index (χ4v) is 4.48. The molecule has 0 aliphatic carbocycles. The summed E-state index contributed by atoms with van der Waals surface area (Å²) in [5.74, 6) is -1.76. The van der Waals surface area contributed by atoms with Gasteiger partial charge in [-0.1, -0.05) is 30.3 Å². The van der Waals surface area contributed by atoms with E-state index in [4.69, 9.17) is 19.7 Å². The maximum Gasteiger partial charge on any atom is 0.490 e. The zero-order valence-electron chi connectivity index (χ0n) is 23.1. The van der Waals surface area contributed by atoms with Gasteiger partial charge in [-0.15, -0.1) is 0 Å². The molecule has 5 rings (SSSR count). The Morgan fingerprint density at radius 1 is 1.07 bits per heavy atom. The topological polar surface area (TPSA) is 165 Å². The first kappa shape index (κ1) is 31.7. The molecule has 1 aliphatic rings. The fraction of sp³-hybridized carbons (Fsp3) is 0.276. The summed E-state index contributed by atoms with van der Waals surface area (Å²) in [7, 11) is 0. The molecule has 3 aromatic heterocycles. The smallest absolute Gasteiger partial charge is 0.490 e. The third-order valence-electron chi connectivity index (χ3n) is 6.63. The molecule has 3 N–H and O–H groups in total. The van der Waals surface area contributed by atoms with Gasteiger partial charge >= 0.3 is 12.1 Å². The second-order valence-corrected chi connectivity index (χ2v) is 9.46. The van der Waals surface area contributed by atoms with Crippen LogP contribution in [0, 0.1) is 11.3 Å². The van der Waals surface area contributed by atoms with Crippen molar-refractivity contribution in [1.29, 1.82) is 5.26 Å². The number of anilines is 1. The number of ether oxygens (including phenoxy) is 1. The molecule has 1 saturated heterocycles. The van der Waals surface area contributed by atoms with Crippen molar-refractivity contribution in [1.82, 2.24) is 19.5 Å². The van der Waals surface area contributed by atoms with Crippen LogP contribution in [0.2, 0.25) is 0 Å². The number of carbonyl (C=O) groups excluding carboxylic acids is 1. The highest BCUT2D eigenvalue weighted by molar-refractivity contribution is 5.85. The first-order valence-corrected chi connectivity index (χ1v) is 13.2. The molecule has 0 saturated carbocycles. The molecular formula is C29H27F3N6O6. The first-order chi connectivity index (χ1) is 21.0. The van der Waals surface area contributed by atoms with Crippen molar-refractivity contribution < 1.29 is 42.8 Å². The molecule has 4 aromatic rings. The maximum absolute atomic E-state index is 12.8. The van der Waals surface area contributed by atoms with Crippen molar-refractivity contribution in [3.8, 4) is 22.9 Å². The Morgan fingerprint density at radius 2 is 1.75 bits per heavy atom. The fourth-order valence-electron chi connectivity index (χ4n) is 4.48. The van der Waals surface area contributed by atoms with Crippen molar-refractivity contribution >= 4 is 23.2 Å². The number of aromatic nitrogens is 3. The van der Waals surface area contributed by atoms with Crippen LogP contribution in [-0.2, 0) is 9.59 Å². The molecule has 1 aromatic carbocycles. The predicted octanol–water partition coefficient (Wildman–Crippen LogP) is 2.65. The van der Waals surface area contributed by atoms with Gasteiger partial charge in [0.15, 0.2) is 6.10 Å². The number of hydrogen-bond donors (Lipinski definition) is 3. The molecule has 230 valence electrons. The molecule has 4 heterocycles. The lowest BCUT2D eigenvalue weighted by molar-refractivity contribution is -0.192. The SMILES string of the molecule is N#Cc1cnn2cc(OCCO)cc(-c3ccc(N4CCN(C(=O)[C@H](O)c5ccccc5)CC4)nc3)c12.O=C(O)C(F)(F)F. The molecule has 1 atom stereocenters. The van der Waals surface area contributed by atoms with Crippen molar-refractivity contribution in [2.45, 2.75) is 12.3 Å². The summed E-state index contributed by atoms with van der Waals surface area (Å²) in [5.41, 5.74) is 3.21. The standard InChI is InChI=1S/C27H26N6O4.C2HF3O2/c28-15-21-17-30-33-18-22(37-13-12-34)14-23(25(21)33)20-6-7-24(29-16-20)31-8-10-32(11-9-31)27(36)26(35)19-4-2-1-3-5-19;3-2(4,5)1(6)7/h1-7,14,16-18,26,34-35H,8-13H2;(H,6,7)/t26-;/m1./s1. The number of hydrogen-bond acceptors (Lipinski definition) is 9. The zero-order chi connectivity index (χ0) is 31.9. The lowest BCUT2D eigenvalue weighted by Gasteiger charge is -2.36. The second-order valence-electron chi connectivity index (χ2n) is 9.46. The maximum atomic E-state index is 12.8. The molecule has 0 radical (unpaired) electrons. The zero-order valence-corrected chi connectivity index (χ0v) is 23.1. The van der Waals surface area contributed by atoms with Gasteiger partial charge in [0.2, 0.25) is 0 Å². The molecule has 1 fully saturated rings. The Hall–Kier alpha value is -5.20. The van der Waals surface area contributed by atoms with E-state index in [1.54, 1.807) is 46.1 Å². The van der Waals surface area contributed by atoms with Crippen molar-refractivity contribution in [3.05, 3.63) is 78.2 Å². The van der Waals surface area contributed by atoms with E-state index in [0.717, 1.165) is 16.9 Å². The van der Waals surface area contributed by atoms with Crippen LogP contribution in [0.25, 0.3) is 16.6 Å². The van der Waals surface area contributed by atoms with E-state index in [-0.39, 0.29) is 19.1 Å². The summed E-state index contributed by atoms with van der Waals surface area (Å²) < 4.78 is 38.9. The number of carboxylic acids is 1. The molecule has 44 heavy (non-hydrogen) atoms. The summed E-state index contributed by atoms with van der Waals surface area (Å²) in [5, 5.41) is 40.5. The molecule has 1 amide bonds. The number of aliphatic hydroxyl groups excluding tert-OH is 2. The van der Waals surface area contributed by atoms with Crippen LogP contribution in [-0.4, -0.2) is 92.3 Å². The molecule has 0 spiro atoms. The van der Waals surface area contributed by atoms with Gasteiger partial charge in [-0.3, -0.25) is 4.79 Å². The second kappa shape index (κ2) is 13.8. The van der Waals surface area contributed by atoms with Gasteiger partial charge < -0.3 is 29.9 Å². The number of aliphatic carboxylic acids is 1. The molecule has 0 unspecified atom stereocenters. The van der Waals surface area contributed by atoms with Gasteiger partial charge in [-0.2, -0.15) is 23.5 Å².